The van der Waals surface area contributed by atoms with Gasteiger partial charge in [0.15, 0.2) is 0 Å². The Morgan fingerprint density at radius 3 is 2.26 bits per heavy atom. The third kappa shape index (κ3) is 8.28. The van der Waals surface area contributed by atoms with Crippen LogP contribution in [-0.4, -0.2) is 36.3 Å². The Hall–Kier alpha value is -3.08. The van der Waals surface area contributed by atoms with E-state index in [2.05, 4.69) is 84.4 Å². The van der Waals surface area contributed by atoms with Crippen LogP contribution < -0.4 is 10.2 Å². The highest BCUT2D eigenvalue weighted by Crippen LogP contribution is 2.25. The van der Waals surface area contributed by atoms with Gasteiger partial charge in [-0.05, 0) is 57.4 Å². The van der Waals surface area contributed by atoms with Gasteiger partial charge in [-0.25, -0.2) is 4.98 Å². The number of benzene rings is 1. The number of aryl methyl sites for hydroxylation is 2. The second-order valence-corrected chi connectivity index (χ2v) is 7.11. The minimum atomic E-state index is 0.840. The van der Waals surface area contributed by atoms with Crippen molar-refractivity contribution in [1.29, 1.82) is 0 Å². The molecule has 168 valence electrons. The molecule has 1 fully saturated rings. The fourth-order valence-electron chi connectivity index (χ4n) is 3.16. The molecule has 2 heterocycles. The molecule has 1 aromatic heterocycles. The fraction of sp³-hybridized carbons (Fsp3) is 0.385. The maximum absolute atomic E-state index is 4.66. The Morgan fingerprint density at radius 2 is 1.81 bits per heavy atom. The summed E-state index contributed by atoms with van der Waals surface area (Å²) in [5.74, 6) is 1.12. The molecule has 5 heteroatoms. The Balaban J connectivity index is 0.000000457. The van der Waals surface area contributed by atoms with E-state index in [4.69, 9.17) is 0 Å². The number of anilines is 2. The van der Waals surface area contributed by atoms with Gasteiger partial charge in [0, 0.05) is 55.7 Å². The zero-order chi connectivity index (χ0) is 23.2. The summed E-state index contributed by atoms with van der Waals surface area (Å²) in [5.41, 5.74) is 5.44. The SMILES string of the molecule is C=C(Nc1ccc(C)cc1)c1cnc(N2CCCC2)c(C)c1.C=CN(CC)N=C.CC. The van der Waals surface area contributed by atoms with E-state index < -0.39 is 0 Å². The Bertz CT molecular complexity index is 812. The predicted octanol–water partition coefficient (Wildman–Crippen LogP) is 6.48. The molecule has 1 aromatic carbocycles. The Kier molecular flexibility index (Phi) is 11.7. The Morgan fingerprint density at radius 1 is 1.19 bits per heavy atom. The number of nitrogens with zero attached hydrogens (tertiary/aromatic N) is 4. The number of hydrogen-bond acceptors (Lipinski definition) is 5. The molecule has 3 rings (SSSR count). The normalized spacial score (nSPS) is 12.0. The van der Waals surface area contributed by atoms with E-state index in [0.29, 0.717) is 0 Å². The van der Waals surface area contributed by atoms with Crippen LogP contribution in [0.1, 0.15) is 50.3 Å². The lowest BCUT2D eigenvalue weighted by Crippen LogP contribution is -2.20. The van der Waals surface area contributed by atoms with E-state index in [1.54, 1.807) is 11.2 Å². The summed E-state index contributed by atoms with van der Waals surface area (Å²) in [4.78, 5) is 7.03. The van der Waals surface area contributed by atoms with Gasteiger partial charge in [-0.2, -0.15) is 5.10 Å². The molecule has 0 amide bonds. The van der Waals surface area contributed by atoms with Gasteiger partial charge in [0.05, 0.1) is 0 Å². The average molecular weight is 422 g/mol. The van der Waals surface area contributed by atoms with E-state index in [9.17, 15) is 0 Å². The molecule has 31 heavy (non-hydrogen) atoms. The first-order chi connectivity index (χ1) is 15.0. The largest absolute Gasteiger partial charge is 0.356 e. The number of rotatable bonds is 7. The first-order valence-corrected chi connectivity index (χ1v) is 11.1. The van der Waals surface area contributed by atoms with Crippen LogP contribution in [0, 0.1) is 13.8 Å². The van der Waals surface area contributed by atoms with Gasteiger partial charge in [-0.3, -0.25) is 5.01 Å². The zero-order valence-electron chi connectivity index (χ0n) is 20.0. The van der Waals surface area contributed by atoms with Crippen LogP contribution in [-0.2, 0) is 0 Å². The molecule has 2 aromatic rings. The number of aromatic nitrogens is 1. The maximum Gasteiger partial charge on any atom is 0.131 e. The van der Waals surface area contributed by atoms with Crippen LogP contribution in [0.3, 0.4) is 0 Å². The topological polar surface area (TPSA) is 43.8 Å². The van der Waals surface area contributed by atoms with Gasteiger partial charge in [0.2, 0.25) is 0 Å². The average Bonchev–Trinajstić information content (AvgIpc) is 3.33. The van der Waals surface area contributed by atoms with Gasteiger partial charge in [-0.15, -0.1) is 0 Å². The molecule has 0 aliphatic carbocycles. The quantitative estimate of drug-likeness (QED) is 0.411. The van der Waals surface area contributed by atoms with Crippen molar-refractivity contribution in [3.63, 3.8) is 0 Å². The van der Waals surface area contributed by atoms with Gasteiger partial charge in [-0.1, -0.05) is 44.7 Å². The van der Waals surface area contributed by atoms with Crippen molar-refractivity contribution in [2.24, 2.45) is 5.10 Å². The minimum Gasteiger partial charge on any atom is -0.356 e. The highest BCUT2D eigenvalue weighted by Gasteiger charge is 2.16. The summed E-state index contributed by atoms with van der Waals surface area (Å²) in [7, 11) is 0. The third-order valence-electron chi connectivity index (χ3n) is 4.87. The predicted molar refractivity (Wildman–Crippen MR) is 138 cm³/mol. The fourth-order valence-corrected chi connectivity index (χ4v) is 3.16. The maximum atomic E-state index is 4.66. The van der Waals surface area contributed by atoms with Crippen molar-refractivity contribution in [1.82, 2.24) is 9.99 Å². The van der Waals surface area contributed by atoms with E-state index in [0.717, 1.165) is 42.4 Å². The minimum absolute atomic E-state index is 0.840. The smallest absolute Gasteiger partial charge is 0.131 e. The molecular formula is C26H39N5. The summed E-state index contributed by atoms with van der Waals surface area (Å²) in [6.07, 6.45) is 6.09. The third-order valence-corrected chi connectivity index (χ3v) is 4.87. The van der Waals surface area contributed by atoms with E-state index >= 15 is 0 Å². The molecule has 0 unspecified atom stereocenters. The van der Waals surface area contributed by atoms with E-state index in [-0.39, 0.29) is 0 Å². The van der Waals surface area contributed by atoms with Crippen molar-refractivity contribution in [2.45, 2.75) is 47.5 Å². The van der Waals surface area contributed by atoms with Gasteiger partial charge >= 0.3 is 0 Å². The summed E-state index contributed by atoms with van der Waals surface area (Å²) in [5, 5.41) is 8.60. The van der Waals surface area contributed by atoms with Crippen molar-refractivity contribution in [3.8, 4) is 0 Å². The van der Waals surface area contributed by atoms with E-state index in [1.165, 1.54) is 24.0 Å². The zero-order valence-corrected chi connectivity index (χ0v) is 20.0. The van der Waals surface area contributed by atoms with Crippen LogP contribution in [0.2, 0.25) is 0 Å². The number of hydrogen-bond donors (Lipinski definition) is 1. The van der Waals surface area contributed by atoms with Crippen LogP contribution in [0.15, 0.2) is 61.0 Å². The van der Waals surface area contributed by atoms with Crippen molar-refractivity contribution in [2.75, 3.05) is 29.9 Å². The van der Waals surface area contributed by atoms with Gasteiger partial charge < -0.3 is 10.2 Å². The van der Waals surface area contributed by atoms with Crippen molar-refractivity contribution < 1.29 is 0 Å². The lowest BCUT2D eigenvalue weighted by atomic mass is 10.1. The van der Waals surface area contributed by atoms with Gasteiger partial charge in [0.25, 0.3) is 0 Å². The second kappa shape index (κ2) is 14.0. The molecule has 0 saturated carbocycles. The van der Waals surface area contributed by atoms with Crippen LogP contribution in [0.4, 0.5) is 11.5 Å². The molecule has 0 radical (unpaired) electrons. The molecular weight excluding hydrogens is 382 g/mol. The molecule has 1 N–H and O–H groups in total. The number of nitrogens with one attached hydrogen (secondary N) is 1. The lowest BCUT2D eigenvalue weighted by Gasteiger charge is -2.19. The van der Waals surface area contributed by atoms with Crippen molar-refractivity contribution >= 4 is 23.9 Å². The Labute approximate surface area is 189 Å². The number of hydrazone groups is 1. The molecule has 5 nitrogen and oxygen atoms in total. The van der Waals surface area contributed by atoms with Crippen LogP contribution in [0.5, 0.6) is 0 Å². The summed E-state index contributed by atoms with van der Waals surface area (Å²) < 4.78 is 0. The highest BCUT2D eigenvalue weighted by molar-refractivity contribution is 5.75. The molecule has 0 atom stereocenters. The highest BCUT2D eigenvalue weighted by atomic mass is 15.4. The van der Waals surface area contributed by atoms with Crippen LogP contribution in [0.25, 0.3) is 5.70 Å². The van der Waals surface area contributed by atoms with Crippen LogP contribution >= 0.6 is 0 Å². The molecule has 1 aliphatic rings. The van der Waals surface area contributed by atoms with Crippen molar-refractivity contribution in [3.05, 3.63) is 72.6 Å². The first kappa shape index (κ1) is 26.0. The molecule has 0 bridgehead atoms. The first-order valence-electron chi connectivity index (χ1n) is 11.1. The molecule has 0 spiro atoms. The van der Waals surface area contributed by atoms with E-state index in [1.807, 2.05) is 27.0 Å². The second-order valence-electron chi connectivity index (χ2n) is 7.11. The summed E-state index contributed by atoms with van der Waals surface area (Å²) in [6.45, 7) is 24.2. The summed E-state index contributed by atoms with van der Waals surface area (Å²) >= 11 is 0. The molecule has 1 saturated heterocycles. The lowest BCUT2D eigenvalue weighted by molar-refractivity contribution is 0.427. The monoisotopic (exact) mass is 421 g/mol. The standard InChI is InChI=1S/C19H23N3.C5H10N2.C2H6/c1-14-6-8-18(9-7-14)21-16(3)17-12-15(2)19(20-13-17)22-10-4-5-11-22;1-4-7(5-2)6-3;1-2/h6-9,12-13,21H,3-5,10-11H2,1-2H3;4H,1,3,5H2,2H3;1-2H3. The molecule has 1 aliphatic heterocycles. The number of pyridine rings is 1. The van der Waals surface area contributed by atoms with Gasteiger partial charge in [0.1, 0.15) is 5.82 Å². The summed E-state index contributed by atoms with van der Waals surface area (Å²) in [6, 6.07) is 10.5.